The zero-order valence-electron chi connectivity index (χ0n) is 11.0. The average Bonchev–Trinajstić information content (AvgIpc) is 2.74. The molecule has 2 rings (SSSR count). The van der Waals surface area contributed by atoms with Crippen LogP contribution in [-0.4, -0.2) is 12.2 Å². The van der Waals surface area contributed by atoms with Crippen LogP contribution in [0.15, 0.2) is 28.4 Å². The highest BCUT2D eigenvalue weighted by molar-refractivity contribution is 7.17. The number of guanidine groups is 1. The van der Waals surface area contributed by atoms with Gasteiger partial charge in [0.25, 0.3) is 0 Å². The molecule has 0 saturated heterocycles. The number of hydrogen-bond donors (Lipinski definition) is 3. The lowest BCUT2D eigenvalue weighted by atomic mass is 10.2. The van der Waals surface area contributed by atoms with Crippen molar-refractivity contribution < 1.29 is 4.98 Å². The molecule has 2 aromatic rings. The molecule has 0 aliphatic rings. The van der Waals surface area contributed by atoms with Gasteiger partial charge >= 0.3 is 5.13 Å². The SMILES string of the molecule is Cc1ccc(Nc2[nH+]c(Cl)c(/C=N/N=C(N)N)s2)cc1Cl. The fourth-order valence-electron chi connectivity index (χ4n) is 1.43. The maximum absolute atomic E-state index is 6.08. The maximum atomic E-state index is 6.08. The standard InChI is InChI=1S/C12H12Cl2N6S/c1-6-2-3-7(4-8(6)13)18-12-19-10(14)9(21-12)5-17-20-11(15)16/h2-5H,1H3,(H,18,19)(H4,15,16,20)/p+1/b17-5+. The van der Waals surface area contributed by atoms with Crippen LogP contribution >= 0.6 is 34.5 Å². The Kier molecular flexibility index (Phi) is 5.00. The van der Waals surface area contributed by atoms with Gasteiger partial charge in [-0.2, -0.15) is 5.10 Å². The summed E-state index contributed by atoms with van der Waals surface area (Å²) in [4.78, 5) is 3.69. The van der Waals surface area contributed by atoms with Gasteiger partial charge in [-0.1, -0.05) is 17.7 Å². The predicted octanol–water partition coefficient (Wildman–Crippen LogP) is 2.53. The number of nitrogens with two attached hydrogens (primary N) is 2. The molecule has 0 radical (unpaired) electrons. The number of anilines is 2. The van der Waals surface area contributed by atoms with Crippen molar-refractivity contribution >= 4 is 57.5 Å². The van der Waals surface area contributed by atoms with E-state index in [0.29, 0.717) is 15.1 Å². The van der Waals surface area contributed by atoms with Crippen molar-refractivity contribution in [2.24, 2.45) is 21.7 Å². The van der Waals surface area contributed by atoms with Crippen LogP contribution in [0.4, 0.5) is 10.8 Å². The Morgan fingerprint density at radius 3 is 2.81 bits per heavy atom. The van der Waals surface area contributed by atoms with E-state index in [1.807, 2.05) is 25.1 Å². The molecular weight excluding hydrogens is 331 g/mol. The molecule has 0 aliphatic carbocycles. The molecule has 0 aliphatic heterocycles. The number of aromatic amines is 1. The van der Waals surface area contributed by atoms with Crippen LogP contribution in [0.5, 0.6) is 0 Å². The van der Waals surface area contributed by atoms with E-state index < -0.39 is 0 Å². The van der Waals surface area contributed by atoms with Gasteiger partial charge in [-0.3, -0.25) is 0 Å². The molecule has 110 valence electrons. The third kappa shape index (κ3) is 4.32. The first-order valence-electron chi connectivity index (χ1n) is 5.82. The molecule has 1 aromatic heterocycles. The minimum atomic E-state index is -0.115. The summed E-state index contributed by atoms with van der Waals surface area (Å²) in [5.74, 6) is -0.115. The molecule has 0 atom stereocenters. The molecule has 0 bridgehead atoms. The summed E-state index contributed by atoms with van der Waals surface area (Å²) >= 11 is 13.5. The number of thiazole rings is 1. The topological polar surface area (TPSA) is 103 Å². The largest absolute Gasteiger partial charge is 0.369 e. The number of nitrogens with zero attached hydrogens (tertiary/aromatic N) is 2. The van der Waals surface area contributed by atoms with Crippen LogP contribution in [0, 0.1) is 6.92 Å². The number of H-pyrrole nitrogens is 1. The molecule has 6 nitrogen and oxygen atoms in total. The van der Waals surface area contributed by atoms with Crippen molar-refractivity contribution in [3.63, 3.8) is 0 Å². The van der Waals surface area contributed by atoms with Crippen LogP contribution in [0.2, 0.25) is 10.2 Å². The van der Waals surface area contributed by atoms with Gasteiger partial charge in [-0.05, 0) is 41.5 Å². The summed E-state index contributed by atoms with van der Waals surface area (Å²) < 4.78 is 0. The zero-order chi connectivity index (χ0) is 15.4. The Labute approximate surface area is 135 Å². The van der Waals surface area contributed by atoms with Crippen molar-refractivity contribution in [1.82, 2.24) is 0 Å². The number of benzene rings is 1. The molecular formula is C12H13Cl2N6S+. The van der Waals surface area contributed by atoms with Crippen LogP contribution in [-0.2, 0) is 0 Å². The van der Waals surface area contributed by atoms with Crippen LogP contribution in [0.25, 0.3) is 0 Å². The minimum Gasteiger partial charge on any atom is -0.369 e. The zero-order valence-corrected chi connectivity index (χ0v) is 13.4. The second-order valence-electron chi connectivity index (χ2n) is 4.09. The van der Waals surface area contributed by atoms with E-state index in [0.717, 1.165) is 16.4 Å². The van der Waals surface area contributed by atoms with Crippen molar-refractivity contribution in [2.75, 3.05) is 5.32 Å². The maximum Gasteiger partial charge on any atom is 0.338 e. The van der Waals surface area contributed by atoms with Gasteiger partial charge in [-0.15, -0.1) is 5.10 Å². The molecule has 0 spiro atoms. The molecule has 21 heavy (non-hydrogen) atoms. The van der Waals surface area contributed by atoms with Crippen molar-refractivity contribution in [1.29, 1.82) is 0 Å². The Balaban J connectivity index is 2.16. The third-order valence-corrected chi connectivity index (χ3v) is 4.18. The highest BCUT2D eigenvalue weighted by Crippen LogP contribution is 2.26. The first-order chi connectivity index (χ1) is 9.95. The smallest absolute Gasteiger partial charge is 0.338 e. The number of aryl methyl sites for hydroxylation is 1. The van der Waals surface area contributed by atoms with Gasteiger partial charge in [0.15, 0.2) is 0 Å². The summed E-state index contributed by atoms with van der Waals surface area (Å²) in [5.41, 5.74) is 12.2. The number of hydrogen-bond acceptors (Lipinski definition) is 4. The van der Waals surface area contributed by atoms with E-state index in [1.165, 1.54) is 17.6 Å². The van der Waals surface area contributed by atoms with Gasteiger partial charge in [-0.25, -0.2) is 10.3 Å². The van der Waals surface area contributed by atoms with Gasteiger partial charge in [0, 0.05) is 11.1 Å². The van der Waals surface area contributed by atoms with E-state index in [1.54, 1.807) is 0 Å². The summed E-state index contributed by atoms with van der Waals surface area (Å²) in [6, 6.07) is 5.70. The highest BCUT2D eigenvalue weighted by atomic mass is 35.5. The quantitative estimate of drug-likeness (QED) is 0.451. The molecule has 9 heteroatoms. The lowest BCUT2D eigenvalue weighted by Gasteiger charge is -1.99. The van der Waals surface area contributed by atoms with Crippen molar-refractivity contribution in [3.8, 4) is 0 Å². The van der Waals surface area contributed by atoms with Crippen molar-refractivity contribution in [2.45, 2.75) is 6.92 Å². The van der Waals surface area contributed by atoms with E-state index in [2.05, 4.69) is 20.5 Å². The lowest BCUT2D eigenvalue weighted by molar-refractivity contribution is -0.351. The molecule has 0 saturated carbocycles. The molecule has 6 N–H and O–H groups in total. The summed E-state index contributed by atoms with van der Waals surface area (Å²) in [7, 11) is 0. The summed E-state index contributed by atoms with van der Waals surface area (Å²) in [5, 5.41) is 12.3. The normalized spacial score (nSPS) is 10.8. The highest BCUT2D eigenvalue weighted by Gasteiger charge is 2.14. The molecule has 1 aromatic carbocycles. The fourth-order valence-corrected chi connectivity index (χ4v) is 2.71. The second kappa shape index (κ2) is 6.75. The Hall–Kier alpha value is -1.83. The Bertz CT molecular complexity index is 706. The fraction of sp³-hybridized carbons (Fsp3) is 0.0833. The van der Waals surface area contributed by atoms with Crippen molar-refractivity contribution in [3.05, 3.63) is 38.8 Å². The summed E-state index contributed by atoms with van der Waals surface area (Å²) in [6.07, 6.45) is 1.47. The van der Waals surface area contributed by atoms with Gasteiger partial charge in [0.1, 0.15) is 10.6 Å². The second-order valence-corrected chi connectivity index (χ2v) is 5.93. The predicted molar refractivity (Wildman–Crippen MR) is 88.8 cm³/mol. The van der Waals surface area contributed by atoms with E-state index in [-0.39, 0.29) is 5.96 Å². The monoisotopic (exact) mass is 343 g/mol. The molecule has 1 heterocycles. The minimum absolute atomic E-state index is 0.115. The van der Waals surface area contributed by atoms with Crippen LogP contribution in [0.1, 0.15) is 10.4 Å². The first-order valence-corrected chi connectivity index (χ1v) is 7.39. The van der Waals surface area contributed by atoms with Crippen LogP contribution < -0.4 is 21.8 Å². The van der Waals surface area contributed by atoms with Gasteiger partial charge in [0.2, 0.25) is 11.1 Å². The molecule has 0 fully saturated rings. The average molecular weight is 344 g/mol. The first kappa shape index (κ1) is 15.6. The third-order valence-electron chi connectivity index (χ3n) is 2.43. The van der Waals surface area contributed by atoms with Gasteiger partial charge in [0.05, 0.1) is 6.21 Å². The number of halogens is 2. The Morgan fingerprint density at radius 1 is 1.38 bits per heavy atom. The summed E-state index contributed by atoms with van der Waals surface area (Å²) in [6.45, 7) is 1.94. The lowest BCUT2D eigenvalue weighted by Crippen LogP contribution is -2.21. The van der Waals surface area contributed by atoms with E-state index in [9.17, 15) is 0 Å². The molecule has 0 unspecified atom stereocenters. The molecule has 0 amide bonds. The Morgan fingerprint density at radius 2 is 2.14 bits per heavy atom. The number of aromatic nitrogens is 1. The number of rotatable bonds is 4. The van der Waals surface area contributed by atoms with Crippen LogP contribution in [0.3, 0.4) is 0 Å². The van der Waals surface area contributed by atoms with E-state index >= 15 is 0 Å². The van der Waals surface area contributed by atoms with Gasteiger partial charge < -0.3 is 11.5 Å². The number of nitrogens with one attached hydrogen (secondary N) is 2. The van der Waals surface area contributed by atoms with E-state index in [4.69, 9.17) is 34.7 Å².